The Bertz CT molecular complexity index is 658. The minimum Gasteiger partial charge on any atom is -0.496 e. The molecule has 2 fully saturated rings. The minimum absolute atomic E-state index is 0.0887. The van der Waals surface area contributed by atoms with Crippen LogP contribution in [0.4, 0.5) is 0 Å². The van der Waals surface area contributed by atoms with Gasteiger partial charge in [-0.3, -0.25) is 4.90 Å². The number of hydrogen-bond donors (Lipinski definition) is 0. The van der Waals surface area contributed by atoms with Crippen molar-refractivity contribution in [3.05, 3.63) is 29.3 Å². The van der Waals surface area contributed by atoms with Gasteiger partial charge in [-0.2, -0.15) is 0 Å². The first-order valence-electron chi connectivity index (χ1n) is 7.55. The largest absolute Gasteiger partial charge is 0.496 e. The van der Waals surface area contributed by atoms with Gasteiger partial charge in [0.15, 0.2) is 9.84 Å². The van der Waals surface area contributed by atoms with Crippen molar-refractivity contribution in [1.82, 2.24) is 4.90 Å². The normalized spacial score (nSPS) is 30.4. The maximum absolute atomic E-state index is 12.3. The van der Waals surface area contributed by atoms with Crippen molar-refractivity contribution in [1.29, 1.82) is 0 Å². The molecule has 2 saturated heterocycles. The molecule has 0 aliphatic carbocycles. The molecule has 22 heavy (non-hydrogen) atoms. The average Bonchev–Trinajstić information content (AvgIpc) is 2.98. The van der Waals surface area contributed by atoms with Crippen molar-refractivity contribution in [3.8, 4) is 5.75 Å². The van der Waals surface area contributed by atoms with E-state index < -0.39 is 9.84 Å². The monoisotopic (exact) mass is 325 g/mol. The molecule has 122 valence electrons. The van der Waals surface area contributed by atoms with Gasteiger partial charge < -0.3 is 9.47 Å². The quantitative estimate of drug-likeness (QED) is 0.834. The molecule has 0 spiro atoms. The van der Waals surface area contributed by atoms with Gasteiger partial charge in [-0.05, 0) is 13.0 Å². The van der Waals surface area contributed by atoms with Crippen LogP contribution in [-0.2, 0) is 21.1 Å². The van der Waals surface area contributed by atoms with Crippen LogP contribution in [0.2, 0.25) is 0 Å². The second kappa shape index (κ2) is 5.83. The van der Waals surface area contributed by atoms with Gasteiger partial charge in [0, 0.05) is 38.2 Å². The number of methoxy groups -OCH3 is 2. The number of sulfone groups is 1. The summed E-state index contributed by atoms with van der Waals surface area (Å²) in [6, 6.07) is 6.10. The maximum Gasteiger partial charge on any atom is 0.157 e. The molecular formula is C16H23NO4S. The Hall–Kier alpha value is -1.11. The number of likely N-dealkylation sites (tertiary alicyclic amines) is 1. The number of fused-ring (bicyclic) bond motifs is 1. The summed E-state index contributed by atoms with van der Waals surface area (Å²) in [4.78, 5) is 2.20. The third-order valence-electron chi connectivity index (χ3n) is 4.85. The summed E-state index contributed by atoms with van der Waals surface area (Å²) in [7, 11) is 0.239. The van der Waals surface area contributed by atoms with E-state index in [-0.39, 0.29) is 23.0 Å². The summed E-state index contributed by atoms with van der Waals surface area (Å²) in [5, 5.41) is -0.284. The number of hydrogen-bond acceptors (Lipinski definition) is 5. The zero-order chi connectivity index (χ0) is 15.9. The first-order valence-corrected chi connectivity index (χ1v) is 9.26. The lowest BCUT2D eigenvalue weighted by Gasteiger charge is -2.20. The Morgan fingerprint density at radius 2 is 2.05 bits per heavy atom. The Morgan fingerprint density at radius 1 is 1.27 bits per heavy atom. The summed E-state index contributed by atoms with van der Waals surface area (Å²) >= 11 is 0. The van der Waals surface area contributed by atoms with Crippen LogP contribution in [0.15, 0.2) is 18.2 Å². The van der Waals surface area contributed by atoms with Crippen LogP contribution < -0.4 is 4.74 Å². The molecular weight excluding hydrogens is 302 g/mol. The van der Waals surface area contributed by atoms with Crippen LogP contribution >= 0.6 is 0 Å². The number of ether oxygens (including phenoxy) is 2. The van der Waals surface area contributed by atoms with E-state index in [0.29, 0.717) is 13.1 Å². The minimum atomic E-state index is -3.03. The Kier molecular flexibility index (Phi) is 4.18. The van der Waals surface area contributed by atoms with E-state index in [9.17, 15) is 8.42 Å². The molecule has 5 nitrogen and oxygen atoms in total. The van der Waals surface area contributed by atoms with Gasteiger partial charge in [-0.15, -0.1) is 0 Å². The van der Waals surface area contributed by atoms with E-state index in [2.05, 4.69) is 11.0 Å². The lowest BCUT2D eigenvalue weighted by Crippen LogP contribution is -2.28. The second-order valence-corrected chi connectivity index (χ2v) is 8.58. The van der Waals surface area contributed by atoms with Crippen molar-refractivity contribution >= 4 is 9.84 Å². The van der Waals surface area contributed by atoms with Gasteiger partial charge in [0.05, 0.1) is 24.2 Å². The Labute approximate surface area is 132 Å². The van der Waals surface area contributed by atoms with E-state index in [1.165, 1.54) is 5.56 Å². The summed E-state index contributed by atoms with van der Waals surface area (Å²) in [6.07, 6.45) is -0.167. The lowest BCUT2D eigenvalue weighted by atomic mass is 10.0. The van der Waals surface area contributed by atoms with Crippen molar-refractivity contribution in [2.24, 2.45) is 5.92 Å². The van der Waals surface area contributed by atoms with Crippen LogP contribution in [0.3, 0.4) is 0 Å². The van der Waals surface area contributed by atoms with Gasteiger partial charge in [0.1, 0.15) is 5.75 Å². The van der Waals surface area contributed by atoms with Crippen molar-refractivity contribution < 1.29 is 17.9 Å². The highest BCUT2D eigenvalue weighted by molar-refractivity contribution is 7.92. The van der Waals surface area contributed by atoms with Crippen LogP contribution in [0.1, 0.15) is 11.1 Å². The molecule has 2 aliphatic heterocycles. The second-order valence-electron chi connectivity index (χ2n) is 6.32. The van der Waals surface area contributed by atoms with Crippen molar-refractivity contribution in [3.63, 3.8) is 0 Å². The van der Waals surface area contributed by atoms with Crippen molar-refractivity contribution in [2.75, 3.05) is 33.1 Å². The Balaban J connectivity index is 1.78. The summed E-state index contributed by atoms with van der Waals surface area (Å²) in [5.74, 6) is 1.11. The van der Waals surface area contributed by atoms with E-state index in [4.69, 9.17) is 9.47 Å². The summed E-state index contributed by atoms with van der Waals surface area (Å²) in [6.45, 7) is 4.11. The summed E-state index contributed by atoms with van der Waals surface area (Å²) in [5.41, 5.74) is 2.28. The van der Waals surface area contributed by atoms with Gasteiger partial charge in [-0.1, -0.05) is 17.7 Å². The molecule has 0 amide bonds. The van der Waals surface area contributed by atoms with Gasteiger partial charge >= 0.3 is 0 Å². The molecule has 2 heterocycles. The predicted molar refractivity (Wildman–Crippen MR) is 84.9 cm³/mol. The molecule has 0 bridgehead atoms. The van der Waals surface area contributed by atoms with Gasteiger partial charge in [-0.25, -0.2) is 8.42 Å². The SMILES string of the molecule is COc1ccc(C)cc1CN1C[C@H]2[C@@H](C1)S(=O)(=O)C[C@H]2OC. The summed E-state index contributed by atoms with van der Waals surface area (Å²) < 4.78 is 35.3. The number of rotatable bonds is 4. The molecule has 0 aromatic heterocycles. The molecule has 6 heteroatoms. The molecule has 1 aromatic rings. The smallest absolute Gasteiger partial charge is 0.157 e. The first kappa shape index (κ1) is 15.8. The molecule has 2 aliphatic rings. The number of benzene rings is 1. The molecule has 3 rings (SSSR count). The third-order valence-corrected chi connectivity index (χ3v) is 7.07. The average molecular weight is 325 g/mol. The highest BCUT2D eigenvalue weighted by atomic mass is 32.2. The van der Waals surface area contributed by atoms with Crippen LogP contribution in [0, 0.1) is 12.8 Å². The lowest BCUT2D eigenvalue weighted by molar-refractivity contribution is 0.0802. The number of nitrogens with zero attached hydrogens (tertiary/aromatic N) is 1. The molecule has 0 unspecified atom stereocenters. The highest BCUT2D eigenvalue weighted by Crippen LogP contribution is 2.36. The molecule has 0 N–H and O–H groups in total. The number of aryl methyl sites for hydroxylation is 1. The van der Waals surface area contributed by atoms with Gasteiger partial charge in [0.2, 0.25) is 0 Å². The Morgan fingerprint density at radius 3 is 2.73 bits per heavy atom. The fourth-order valence-corrected chi connectivity index (χ4v) is 6.06. The standard InChI is InChI=1S/C16H23NO4S/c1-11-4-5-14(20-2)12(6-11)7-17-8-13-15(21-3)10-22(18,19)16(13)9-17/h4-6,13,15-16H,7-10H2,1-3H3/t13-,15-,16-/m1/s1. The van der Waals surface area contributed by atoms with E-state index in [1.807, 2.05) is 19.1 Å². The van der Waals surface area contributed by atoms with Gasteiger partial charge in [0.25, 0.3) is 0 Å². The maximum atomic E-state index is 12.3. The van der Waals surface area contributed by atoms with E-state index in [1.54, 1.807) is 14.2 Å². The fourth-order valence-electron chi connectivity index (χ4n) is 3.74. The highest BCUT2D eigenvalue weighted by Gasteiger charge is 2.52. The van der Waals surface area contributed by atoms with Crippen LogP contribution in [0.5, 0.6) is 5.75 Å². The molecule has 0 radical (unpaired) electrons. The zero-order valence-electron chi connectivity index (χ0n) is 13.3. The molecule has 3 atom stereocenters. The molecule has 0 saturated carbocycles. The van der Waals surface area contributed by atoms with E-state index >= 15 is 0 Å². The fraction of sp³-hybridized carbons (Fsp3) is 0.625. The van der Waals surface area contributed by atoms with Crippen molar-refractivity contribution in [2.45, 2.75) is 24.8 Å². The predicted octanol–water partition coefficient (Wildman–Crippen LogP) is 1.25. The third kappa shape index (κ3) is 2.75. The topological polar surface area (TPSA) is 55.8 Å². The van der Waals surface area contributed by atoms with Crippen LogP contribution in [-0.4, -0.2) is 57.7 Å². The van der Waals surface area contributed by atoms with Crippen LogP contribution in [0.25, 0.3) is 0 Å². The zero-order valence-corrected chi connectivity index (χ0v) is 14.1. The van der Waals surface area contributed by atoms with E-state index in [0.717, 1.165) is 17.9 Å². The molecule has 1 aromatic carbocycles. The first-order chi connectivity index (χ1) is 10.4.